The van der Waals surface area contributed by atoms with E-state index in [1.807, 2.05) is 50.5 Å². The molecule has 3 atom stereocenters. The summed E-state index contributed by atoms with van der Waals surface area (Å²) in [5.41, 5.74) is 2.20. The van der Waals surface area contributed by atoms with Gasteiger partial charge in [-0.05, 0) is 39.8 Å². The zero-order valence-electron chi connectivity index (χ0n) is 24.5. The lowest BCUT2D eigenvalue weighted by Crippen LogP contribution is -2.40. The predicted octanol–water partition coefficient (Wildman–Crippen LogP) is 3.27. The first-order chi connectivity index (χ1) is 19.8. The molecule has 42 heavy (non-hydrogen) atoms. The van der Waals surface area contributed by atoms with Gasteiger partial charge in [-0.3, -0.25) is 4.90 Å². The van der Waals surface area contributed by atoms with Crippen LogP contribution >= 0.6 is 0 Å². The third-order valence-corrected chi connectivity index (χ3v) is 6.83. The smallest absolute Gasteiger partial charge is 0.410 e. The van der Waals surface area contributed by atoms with Gasteiger partial charge in [0, 0.05) is 32.3 Å². The van der Waals surface area contributed by atoms with Crippen LogP contribution in [-0.4, -0.2) is 109 Å². The number of carboxylic acid groups (broad SMARTS) is 2. The number of aryl methyl sites for hydroxylation is 1. The number of amides is 2. The van der Waals surface area contributed by atoms with Crippen LogP contribution in [-0.2, 0) is 20.8 Å². The van der Waals surface area contributed by atoms with Gasteiger partial charge in [-0.1, -0.05) is 12.1 Å². The number of likely N-dealkylation sites (tertiary alicyclic amines) is 1. The van der Waals surface area contributed by atoms with Gasteiger partial charge in [0.15, 0.2) is 0 Å². The summed E-state index contributed by atoms with van der Waals surface area (Å²) in [6.07, 6.45) is -1.37. The average molecular weight is 585 g/mol. The molecule has 2 amide bonds. The Morgan fingerprint density at radius 2 is 1.90 bits per heavy atom. The van der Waals surface area contributed by atoms with Gasteiger partial charge in [-0.2, -0.15) is 4.98 Å². The number of hydrogen-bond donors (Lipinski definition) is 2. The molecule has 0 saturated carbocycles. The van der Waals surface area contributed by atoms with Crippen LogP contribution in [0.25, 0.3) is 22.3 Å². The topological polar surface area (TPSA) is 169 Å². The number of ether oxygens (including phenoxy) is 3. The Balaban J connectivity index is 1.59. The van der Waals surface area contributed by atoms with Gasteiger partial charge in [-0.25, -0.2) is 24.4 Å². The molecule has 2 aromatic heterocycles. The monoisotopic (exact) mass is 584 g/mol. The molecular weight excluding hydrogens is 548 g/mol. The average Bonchev–Trinajstić information content (AvgIpc) is 3.48. The fraction of sp³-hybridized carbons (Fsp3) is 0.500. The maximum atomic E-state index is 12.5. The van der Waals surface area contributed by atoms with Crippen LogP contribution in [0.5, 0.6) is 6.01 Å². The van der Waals surface area contributed by atoms with E-state index >= 15 is 0 Å². The summed E-state index contributed by atoms with van der Waals surface area (Å²) in [6, 6.07) is 6.16. The Bertz CT molecular complexity index is 1450. The summed E-state index contributed by atoms with van der Waals surface area (Å²) in [7, 11) is 3.24. The van der Waals surface area contributed by atoms with Crippen molar-refractivity contribution in [2.24, 2.45) is 0 Å². The quantitative estimate of drug-likeness (QED) is 0.378. The second-order valence-electron chi connectivity index (χ2n) is 11.2. The number of nitrogens with zero attached hydrogens (tertiary/aromatic N) is 6. The molecule has 0 spiro atoms. The molecule has 1 aliphatic rings. The van der Waals surface area contributed by atoms with Crippen molar-refractivity contribution in [3.63, 3.8) is 0 Å². The number of carbonyl (C=O) groups is 3. The Morgan fingerprint density at radius 1 is 1.17 bits per heavy atom. The molecule has 14 nitrogen and oxygen atoms in total. The predicted molar refractivity (Wildman–Crippen MR) is 150 cm³/mol. The zero-order valence-corrected chi connectivity index (χ0v) is 24.5. The van der Waals surface area contributed by atoms with E-state index in [1.54, 1.807) is 20.2 Å². The van der Waals surface area contributed by atoms with E-state index in [0.29, 0.717) is 12.2 Å². The van der Waals surface area contributed by atoms with Gasteiger partial charge < -0.3 is 33.9 Å². The molecule has 3 aromatic rings. The number of carbonyl (C=O) groups excluding carboxylic acids is 1. The fourth-order valence-corrected chi connectivity index (χ4v) is 4.89. The van der Waals surface area contributed by atoms with Gasteiger partial charge in [0.2, 0.25) is 0 Å². The van der Waals surface area contributed by atoms with E-state index in [9.17, 15) is 24.6 Å². The normalized spacial score (nSPS) is 17.7. The number of methoxy groups -OCH3 is 1. The maximum absolute atomic E-state index is 12.5. The number of carboxylic acids is 1. The van der Waals surface area contributed by atoms with E-state index < -0.39 is 35.9 Å². The highest BCUT2D eigenvalue weighted by Crippen LogP contribution is 2.30. The molecular formula is C28H36N6O8. The third kappa shape index (κ3) is 6.87. The van der Waals surface area contributed by atoms with Crippen molar-refractivity contribution < 1.29 is 38.8 Å². The number of benzene rings is 1. The van der Waals surface area contributed by atoms with Crippen LogP contribution in [0.3, 0.4) is 0 Å². The number of hydrogen-bond acceptors (Lipinski definition) is 9. The molecule has 1 unspecified atom stereocenters. The summed E-state index contributed by atoms with van der Waals surface area (Å²) in [5.74, 6) is -0.496. The molecule has 0 radical (unpaired) electrons. The second-order valence-corrected chi connectivity index (χ2v) is 11.2. The molecule has 14 heteroatoms. The lowest BCUT2D eigenvalue weighted by molar-refractivity contribution is -0.141. The van der Waals surface area contributed by atoms with Crippen LogP contribution in [0, 0.1) is 6.92 Å². The SMILES string of the molecule is COC(CN(C)C(=O)OC(C)(C)C)Cn1c(C)nc2cccc(-c3ccnc(O[C@H]4C[C@@H](C(=O)O)N(C(=O)O)C4)n3)c21. The number of fused-ring (bicyclic) bond motifs is 1. The van der Waals surface area contributed by atoms with Crippen molar-refractivity contribution in [3.05, 3.63) is 36.3 Å². The van der Waals surface area contributed by atoms with E-state index in [-0.39, 0.29) is 31.6 Å². The van der Waals surface area contributed by atoms with Crippen molar-refractivity contribution in [2.45, 2.75) is 64.5 Å². The minimum Gasteiger partial charge on any atom is -0.480 e. The minimum absolute atomic E-state index is 0.00224. The van der Waals surface area contributed by atoms with Gasteiger partial charge in [0.1, 0.15) is 23.6 Å². The van der Waals surface area contributed by atoms with Crippen LogP contribution in [0.15, 0.2) is 30.5 Å². The first kappa shape index (κ1) is 30.5. The van der Waals surface area contributed by atoms with Crippen LogP contribution in [0.1, 0.15) is 33.0 Å². The summed E-state index contributed by atoms with van der Waals surface area (Å²) in [5, 5.41) is 18.8. The Morgan fingerprint density at radius 3 is 2.52 bits per heavy atom. The van der Waals surface area contributed by atoms with Crippen molar-refractivity contribution in [2.75, 3.05) is 27.2 Å². The largest absolute Gasteiger partial charge is 0.480 e. The Kier molecular flexibility index (Phi) is 8.85. The number of imidazole rings is 1. The van der Waals surface area contributed by atoms with E-state index in [4.69, 9.17) is 19.2 Å². The van der Waals surface area contributed by atoms with Crippen molar-refractivity contribution in [3.8, 4) is 17.3 Å². The maximum Gasteiger partial charge on any atom is 0.410 e. The molecule has 3 heterocycles. The molecule has 0 aliphatic carbocycles. The molecule has 1 saturated heterocycles. The van der Waals surface area contributed by atoms with Gasteiger partial charge in [0.25, 0.3) is 0 Å². The number of likely N-dealkylation sites (N-methyl/N-ethyl adjacent to an activating group) is 1. The highest BCUT2D eigenvalue weighted by molar-refractivity contribution is 5.91. The van der Waals surface area contributed by atoms with Crippen LogP contribution < -0.4 is 4.74 Å². The van der Waals surface area contributed by atoms with Crippen molar-refractivity contribution in [1.29, 1.82) is 0 Å². The van der Waals surface area contributed by atoms with Crippen molar-refractivity contribution in [1.82, 2.24) is 29.3 Å². The molecule has 1 aliphatic heterocycles. The van der Waals surface area contributed by atoms with Gasteiger partial charge in [-0.15, -0.1) is 0 Å². The summed E-state index contributed by atoms with van der Waals surface area (Å²) in [4.78, 5) is 51.3. The fourth-order valence-electron chi connectivity index (χ4n) is 4.89. The first-order valence-electron chi connectivity index (χ1n) is 13.4. The van der Waals surface area contributed by atoms with E-state index in [1.165, 1.54) is 11.1 Å². The molecule has 2 N–H and O–H groups in total. The third-order valence-electron chi connectivity index (χ3n) is 6.83. The van der Waals surface area contributed by atoms with Gasteiger partial charge >= 0.3 is 24.2 Å². The highest BCUT2D eigenvalue weighted by Gasteiger charge is 2.41. The summed E-state index contributed by atoms with van der Waals surface area (Å²) < 4.78 is 19.1. The molecule has 1 aromatic carbocycles. The Labute approximate surface area is 242 Å². The zero-order chi connectivity index (χ0) is 30.8. The minimum atomic E-state index is -1.33. The summed E-state index contributed by atoms with van der Waals surface area (Å²) in [6.45, 7) is 7.87. The van der Waals surface area contributed by atoms with E-state index in [0.717, 1.165) is 27.3 Å². The number of rotatable bonds is 9. The van der Waals surface area contributed by atoms with Crippen molar-refractivity contribution >= 4 is 29.2 Å². The molecule has 226 valence electrons. The van der Waals surface area contributed by atoms with Gasteiger partial charge in [0.05, 0.1) is 42.5 Å². The standard InChI is InChI=1S/C28H36N6O8/c1-16-30-21-9-7-8-19(23(21)33(16)15-18(40-6)13-32(5)27(39)42-28(2,3)4)20-10-11-29-25(31-20)41-17-12-22(24(35)36)34(14-17)26(37)38/h7-11,17-18,22H,12-15H2,1-6H3,(H,35,36)(H,37,38)/t17-,18?,22-/m0/s1. The van der Waals surface area contributed by atoms with Crippen LogP contribution in [0.4, 0.5) is 9.59 Å². The number of aliphatic carboxylic acids is 1. The lowest BCUT2D eigenvalue weighted by Gasteiger charge is -2.27. The Hall–Kier alpha value is -4.46. The summed E-state index contributed by atoms with van der Waals surface area (Å²) >= 11 is 0. The molecule has 0 bridgehead atoms. The van der Waals surface area contributed by atoms with Crippen LogP contribution in [0.2, 0.25) is 0 Å². The van der Waals surface area contributed by atoms with E-state index in [2.05, 4.69) is 9.97 Å². The lowest BCUT2D eigenvalue weighted by atomic mass is 10.1. The first-order valence-corrected chi connectivity index (χ1v) is 13.4. The number of para-hydroxylation sites is 1. The number of aromatic nitrogens is 4. The highest BCUT2D eigenvalue weighted by atomic mass is 16.6. The molecule has 1 fully saturated rings. The second kappa shape index (κ2) is 12.2. The molecule has 4 rings (SSSR count).